The van der Waals surface area contributed by atoms with E-state index >= 15 is 0 Å². The Morgan fingerprint density at radius 1 is 0.882 bits per heavy atom. The molecule has 0 aliphatic rings. The van der Waals surface area contributed by atoms with Crippen LogP contribution in [-0.2, 0) is 14.4 Å². The maximum Gasteiger partial charge on any atom is 0.0552 e. The van der Waals surface area contributed by atoms with E-state index in [1.807, 2.05) is 0 Å². The fourth-order valence-electron chi connectivity index (χ4n) is 0.144. The molecule has 10 nitrogen and oxygen atoms in total. The van der Waals surface area contributed by atoms with Crippen LogP contribution in [0.1, 0.15) is 13.8 Å². The second-order valence-corrected chi connectivity index (χ2v) is 1.89. The zero-order chi connectivity index (χ0) is 12.1. The number of carbonyl (C=O) groups is 3. The molecule has 0 atom stereocenters. The van der Waals surface area contributed by atoms with Crippen LogP contribution >= 0.6 is 0 Å². The molecule has 0 saturated heterocycles. The second-order valence-electron chi connectivity index (χ2n) is 1.89. The highest BCUT2D eigenvalue weighted by Gasteiger charge is 1.72. The van der Waals surface area contributed by atoms with Gasteiger partial charge in [0.15, 0.2) is 0 Å². The molecule has 0 aromatic carbocycles. The SMILES string of the molecule is CC(=O)[O-].CC(=O)[O-].CNCC(=O)[O-].[NH4+].[NH4+].[NH4+]. The van der Waals surface area contributed by atoms with E-state index in [1.54, 1.807) is 7.05 Å². The molecule has 0 rings (SSSR count). The summed E-state index contributed by atoms with van der Waals surface area (Å²) >= 11 is 0. The fourth-order valence-corrected chi connectivity index (χ4v) is 0.144. The normalized spacial score (nSPS) is 5.82. The van der Waals surface area contributed by atoms with Crippen LogP contribution in [0.3, 0.4) is 0 Å². The summed E-state index contributed by atoms with van der Waals surface area (Å²) in [5, 5.41) is 29.6. The highest BCUT2D eigenvalue weighted by Crippen LogP contribution is 1.43. The van der Waals surface area contributed by atoms with Gasteiger partial charge in [0.2, 0.25) is 0 Å². The van der Waals surface area contributed by atoms with Gasteiger partial charge in [0, 0.05) is 18.5 Å². The van der Waals surface area contributed by atoms with Crippen LogP contribution in [0.15, 0.2) is 0 Å². The Morgan fingerprint density at radius 3 is 1.06 bits per heavy atom. The summed E-state index contributed by atoms with van der Waals surface area (Å²) in [6, 6.07) is 0. The van der Waals surface area contributed by atoms with Gasteiger partial charge in [0.25, 0.3) is 0 Å². The first-order valence-corrected chi connectivity index (χ1v) is 3.43. The molecule has 0 spiro atoms. The van der Waals surface area contributed by atoms with Crippen molar-refractivity contribution in [2.75, 3.05) is 13.6 Å². The lowest BCUT2D eigenvalue weighted by Crippen LogP contribution is -2.32. The summed E-state index contributed by atoms with van der Waals surface area (Å²) in [5.41, 5.74) is 0. The van der Waals surface area contributed by atoms with E-state index in [-0.39, 0.29) is 25.0 Å². The molecule has 0 aromatic heterocycles. The molecule has 13 N–H and O–H groups in total. The van der Waals surface area contributed by atoms with Crippen LogP contribution < -0.4 is 39.1 Å². The predicted octanol–water partition coefficient (Wildman–Crippen LogP) is -3.40. The number of rotatable bonds is 2. The Labute approximate surface area is 99.8 Å². The van der Waals surface area contributed by atoms with Crippen molar-refractivity contribution in [2.24, 2.45) is 0 Å². The minimum absolute atomic E-state index is 0. The van der Waals surface area contributed by atoms with Crippen LogP contribution in [0, 0.1) is 0 Å². The minimum atomic E-state index is -1.08. The Balaban J connectivity index is -0.0000000252. The molecule has 17 heavy (non-hydrogen) atoms. The summed E-state index contributed by atoms with van der Waals surface area (Å²) in [7, 11) is 1.55. The maximum absolute atomic E-state index is 9.43. The molecule has 0 unspecified atom stereocenters. The summed E-state index contributed by atoms with van der Waals surface area (Å²) in [6.07, 6.45) is 0. The first-order valence-electron chi connectivity index (χ1n) is 3.43. The van der Waals surface area contributed by atoms with Crippen LogP contribution in [0.25, 0.3) is 0 Å². The molecular formula is C7H24N4O6. The third kappa shape index (κ3) is 1370. The van der Waals surface area contributed by atoms with Gasteiger partial charge in [-0.15, -0.1) is 0 Å². The van der Waals surface area contributed by atoms with Gasteiger partial charge in [-0.3, -0.25) is 0 Å². The molecule has 0 amide bonds. The van der Waals surface area contributed by atoms with E-state index in [0.717, 1.165) is 13.8 Å². The van der Waals surface area contributed by atoms with E-state index in [2.05, 4.69) is 5.32 Å². The van der Waals surface area contributed by atoms with Gasteiger partial charge >= 0.3 is 0 Å². The molecule has 0 radical (unpaired) electrons. The van der Waals surface area contributed by atoms with Crippen molar-refractivity contribution in [1.82, 2.24) is 23.8 Å². The smallest absolute Gasteiger partial charge is 0.0552 e. The zero-order valence-electron chi connectivity index (χ0n) is 11.2. The van der Waals surface area contributed by atoms with Gasteiger partial charge in [-0.25, -0.2) is 0 Å². The number of nitrogens with one attached hydrogen (secondary N) is 1. The van der Waals surface area contributed by atoms with Gasteiger partial charge < -0.3 is 53.5 Å². The Morgan fingerprint density at radius 2 is 1.06 bits per heavy atom. The van der Waals surface area contributed by atoms with Gasteiger partial charge in [0.05, 0.1) is 5.97 Å². The van der Waals surface area contributed by atoms with Crippen molar-refractivity contribution in [3.8, 4) is 0 Å². The topological polar surface area (TPSA) is 242 Å². The van der Waals surface area contributed by atoms with Crippen molar-refractivity contribution in [3.05, 3.63) is 0 Å². The summed E-state index contributed by atoms with van der Waals surface area (Å²) in [4.78, 5) is 27.2. The van der Waals surface area contributed by atoms with E-state index in [4.69, 9.17) is 19.8 Å². The molecule has 0 aliphatic heterocycles. The molecule has 108 valence electrons. The number of hydrogen-bond acceptors (Lipinski definition) is 7. The van der Waals surface area contributed by atoms with Crippen molar-refractivity contribution >= 4 is 17.9 Å². The molecule has 0 fully saturated rings. The number of hydrogen-bond donors (Lipinski definition) is 4. The highest BCUT2D eigenvalue weighted by molar-refractivity contribution is 5.66. The average molecular weight is 260 g/mol. The third-order valence-electron chi connectivity index (χ3n) is 0.321. The first kappa shape index (κ1) is 36.2. The number of quaternary nitrogens is 3. The van der Waals surface area contributed by atoms with Crippen LogP contribution in [0.2, 0.25) is 0 Å². The van der Waals surface area contributed by atoms with Crippen molar-refractivity contribution in [3.63, 3.8) is 0 Å². The first-order chi connectivity index (χ1) is 6.23. The second kappa shape index (κ2) is 29.2. The van der Waals surface area contributed by atoms with Crippen LogP contribution in [0.4, 0.5) is 0 Å². The van der Waals surface area contributed by atoms with Crippen molar-refractivity contribution in [2.45, 2.75) is 13.8 Å². The van der Waals surface area contributed by atoms with Crippen LogP contribution in [-0.4, -0.2) is 31.5 Å². The number of likely N-dealkylation sites (N-methyl/N-ethyl adjacent to an activating group) is 1. The van der Waals surface area contributed by atoms with Crippen LogP contribution in [0.5, 0.6) is 0 Å². The molecule has 0 aromatic rings. The van der Waals surface area contributed by atoms with Crippen molar-refractivity contribution in [1.29, 1.82) is 0 Å². The van der Waals surface area contributed by atoms with Gasteiger partial charge in [0.1, 0.15) is 0 Å². The minimum Gasteiger partial charge on any atom is -0.550 e. The predicted molar refractivity (Wildman–Crippen MR) is 58.3 cm³/mol. The highest BCUT2D eigenvalue weighted by atomic mass is 16.4. The number of carboxylic acids is 3. The Kier molecular flexibility index (Phi) is 62.2. The largest absolute Gasteiger partial charge is 0.550 e. The van der Waals surface area contributed by atoms with Crippen molar-refractivity contribution < 1.29 is 29.7 Å². The lowest BCUT2D eigenvalue weighted by Gasteiger charge is -1.94. The summed E-state index contributed by atoms with van der Waals surface area (Å²) in [5.74, 6) is -3.24. The Hall–Kier alpha value is -1.75. The lowest BCUT2D eigenvalue weighted by molar-refractivity contribution is -0.304. The standard InChI is InChI=1S/C3H7NO2.2C2H4O2.3H3N/c1-4-2-3(5)6;2*1-2(3)4;;;/h4H,2H2,1H3,(H,5,6);2*1H3,(H,3,4);3*1H3. The molecule has 0 bridgehead atoms. The Bertz CT molecular complexity index is 167. The molecular weight excluding hydrogens is 236 g/mol. The molecule has 0 saturated carbocycles. The quantitative estimate of drug-likeness (QED) is 0.391. The number of aliphatic carboxylic acids is 3. The maximum atomic E-state index is 9.43. The van der Waals surface area contributed by atoms with E-state index in [0.29, 0.717) is 0 Å². The van der Waals surface area contributed by atoms with E-state index < -0.39 is 17.9 Å². The van der Waals surface area contributed by atoms with Gasteiger partial charge in [-0.2, -0.15) is 0 Å². The van der Waals surface area contributed by atoms with Gasteiger partial charge in [-0.05, 0) is 20.9 Å². The zero-order valence-corrected chi connectivity index (χ0v) is 11.2. The summed E-state index contributed by atoms with van der Waals surface area (Å²) < 4.78 is 0. The lowest BCUT2D eigenvalue weighted by atomic mass is 10.7. The fraction of sp³-hybridized carbons (Fsp3) is 0.571. The molecule has 0 aliphatic carbocycles. The average Bonchev–Trinajstić information content (AvgIpc) is 1.82. The van der Waals surface area contributed by atoms with Gasteiger partial charge in [-0.1, -0.05) is 0 Å². The number of carbonyl (C=O) groups excluding carboxylic acids is 3. The van der Waals surface area contributed by atoms with E-state index in [9.17, 15) is 9.90 Å². The van der Waals surface area contributed by atoms with E-state index in [1.165, 1.54) is 0 Å². The molecule has 10 heteroatoms. The molecule has 0 heterocycles. The monoisotopic (exact) mass is 260 g/mol. The number of carboxylic acid groups (broad SMARTS) is 3. The third-order valence-corrected chi connectivity index (χ3v) is 0.321. The summed E-state index contributed by atoms with van der Waals surface area (Å²) in [6.45, 7) is 1.87.